The fourth-order valence-electron chi connectivity index (χ4n) is 3.08. The van der Waals surface area contributed by atoms with E-state index in [0.717, 1.165) is 25.7 Å². The van der Waals surface area contributed by atoms with Crippen molar-refractivity contribution in [3.05, 3.63) is 0 Å². The Morgan fingerprint density at radius 3 is 2.08 bits per heavy atom. The molecule has 26 heavy (non-hydrogen) atoms. The summed E-state index contributed by atoms with van der Waals surface area (Å²) in [6, 6.07) is 0.245. The van der Waals surface area contributed by atoms with Crippen LogP contribution in [0.25, 0.3) is 0 Å². The molecule has 0 bridgehead atoms. The van der Waals surface area contributed by atoms with Crippen LogP contribution in [0.15, 0.2) is 0 Å². The quantitative estimate of drug-likeness (QED) is 0.475. The molecule has 0 spiro atoms. The maximum Gasteiger partial charge on any atom is 0.222 e. The molecule has 152 valence electrons. The zero-order chi connectivity index (χ0) is 19.2. The highest BCUT2D eigenvalue weighted by Crippen LogP contribution is 2.28. The van der Waals surface area contributed by atoms with E-state index in [1.807, 2.05) is 20.8 Å². The molecule has 1 aliphatic carbocycles. The molecule has 1 N–H and O–H groups in total. The lowest BCUT2D eigenvalue weighted by molar-refractivity contribution is -0.124. The average Bonchev–Trinajstić information content (AvgIpc) is 2.62. The highest BCUT2D eigenvalue weighted by atomic mass is 16.5. The van der Waals surface area contributed by atoms with Crippen molar-refractivity contribution >= 4 is 11.7 Å². The van der Waals surface area contributed by atoms with Crippen LogP contribution in [0.1, 0.15) is 59.3 Å². The largest absolute Gasteiger partial charge is 0.379 e. The van der Waals surface area contributed by atoms with Crippen LogP contribution in [0.2, 0.25) is 0 Å². The van der Waals surface area contributed by atoms with Crippen molar-refractivity contribution in [1.29, 1.82) is 0 Å². The Morgan fingerprint density at radius 1 is 0.923 bits per heavy atom. The standard InChI is InChI=1S/C20H37NO5/c1-4-24-11-12-26-14-13-25-10-9-20(23)21-18-7-5-17(6-8-18)15-19(22)16(2)3/h16-18H,4-15H2,1-3H3,(H,21,23)/t17-,18-. The molecule has 0 heterocycles. The summed E-state index contributed by atoms with van der Waals surface area (Å²) in [6.07, 6.45) is 5.06. The number of hydrogen-bond donors (Lipinski definition) is 1. The van der Waals surface area contributed by atoms with Crippen LogP contribution in [-0.4, -0.2) is 57.4 Å². The van der Waals surface area contributed by atoms with Gasteiger partial charge in [0.1, 0.15) is 5.78 Å². The van der Waals surface area contributed by atoms with Crippen LogP contribution >= 0.6 is 0 Å². The first-order chi connectivity index (χ1) is 12.5. The second-order valence-corrected chi connectivity index (χ2v) is 7.28. The van der Waals surface area contributed by atoms with Crippen molar-refractivity contribution in [2.45, 2.75) is 65.3 Å². The minimum atomic E-state index is 0.0453. The lowest BCUT2D eigenvalue weighted by Gasteiger charge is -2.29. The van der Waals surface area contributed by atoms with Crippen molar-refractivity contribution in [3.63, 3.8) is 0 Å². The Hall–Kier alpha value is -0.980. The summed E-state index contributed by atoms with van der Waals surface area (Å²) in [7, 11) is 0. The van der Waals surface area contributed by atoms with E-state index in [1.54, 1.807) is 0 Å². The molecule has 1 amide bonds. The number of nitrogens with one attached hydrogen (secondary N) is 1. The predicted molar refractivity (Wildman–Crippen MR) is 101 cm³/mol. The summed E-state index contributed by atoms with van der Waals surface area (Å²) in [5, 5.41) is 3.09. The van der Waals surface area contributed by atoms with Gasteiger partial charge >= 0.3 is 0 Å². The normalized spacial score (nSPS) is 20.3. The van der Waals surface area contributed by atoms with Crippen molar-refractivity contribution in [3.8, 4) is 0 Å². The molecule has 1 saturated carbocycles. The molecular formula is C20H37NO5. The number of ketones is 1. The van der Waals surface area contributed by atoms with Crippen LogP contribution < -0.4 is 5.32 Å². The zero-order valence-corrected chi connectivity index (χ0v) is 16.8. The van der Waals surface area contributed by atoms with E-state index < -0.39 is 0 Å². The van der Waals surface area contributed by atoms with Gasteiger partial charge in [0.25, 0.3) is 0 Å². The summed E-state index contributed by atoms with van der Waals surface area (Å²) < 4.78 is 15.9. The van der Waals surface area contributed by atoms with Gasteiger partial charge in [0.2, 0.25) is 5.91 Å². The Kier molecular flexibility index (Phi) is 12.5. The summed E-state index contributed by atoms with van der Waals surface area (Å²) in [5.41, 5.74) is 0. The van der Waals surface area contributed by atoms with E-state index in [9.17, 15) is 9.59 Å². The topological polar surface area (TPSA) is 73.9 Å². The minimum Gasteiger partial charge on any atom is -0.379 e. The summed E-state index contributed by atoms with van der Waals surface area (Å²) >= 11 is 0. The van der Waals surface area contributed by atoms with Gasteiger partial charge in [-0.3, -0.25) is 9.59 Å². The molecule has 6 heteroatoms. The molecule has 0 saturated heterocycles. The first-order valence-electron chi connectivity index (χ1n) is 10.1. The van der Waals surface area contributed by atoms with Crippen LogP contribution in [0.4, 0.5) is 0 Å². The van der Waals surface area contributed by atoms with Crippen molar-refractivity contribution in [2.75, 3.05) is 39.6 Å². The van der Waals surface area contributed by atoms with Gasteiger partial charge in [-0.1, -0.05) is 13.8 Å². The van der Waals surface area contributed by atoms with Crippen molar-refractivity contribution in [1.82, 2.24) is 5.32 Å². The number of carbonyl (C=O) groups is 2. The maximum atomic E-state index is 12.0. The van der Waals surface area contributed by atoms with Crippen LogP contribution in [0, 0.1) is 11.8 Å². The summed E-state index contributed by atoms with van der Waals surface area (Å²) in [5.74, 6) is 1.02. The number of Topliss-reactive ketones (excluding diaryl/α,β-unsaturated/α-hetero) is 1. The third kappa shape index (κ3) is 10.9. The lowest BCUT2D eigenvalue weighted by Crippen LogP contribution is -2.38. The Labute approximate surface area is 158 Å². The van der Waals surface area contributed by atoms with E-state index in [-0.39, 0.29) is 17.9 Å². The minimum absolute atomic E-state index is 0.0453. The number of amides is 1. The van der Waals surface area contributed by atoms with Gasteiger partial charge < -0.3 is 19.5 Å². The van der Waals surface area contributed by atoms with Gasteiger partial charge in [0.15, 0.2) is 0 Å². The monoisotopic (exact) mass is 371 g/mol. The first kappa shape index (κ1) is 23.1. The second kappa shape index (κ2) is 14.1. The van der Waals surface area contributed by atoms with Crippen LogP contribution in [-0.2, 0) is 23.8 Å². The number of carbonyl (C=O) groups excluding carboxylic acids is 2. The van der Waals surface area contributed by atoms with E-state index in [4.69, 9.17) is 14.2 Å². The molecule has 0 radical (unpaired) electrons. The van der Waals surface area contributed by atoms with Gasteiger partial charge in [0, 0.05) is 31.4 Å². The molecule has 0 aromatic rings. The van der Waals surface area contributed by atoms with Crippen molar-refractivity contribution < 1.29 is 23.8 Å². The van der Waals surface area contributed by atoms with Gasteiger partial charge in [-0.2, -0.15) is 0 Å². The second-order valence-electron chi connectivity index (χ2n) is 7.28. The van der Waals surface area contributed by atoms with E-state index in [1.165, 1.54) is 0 Å². The third-order valence-electron chi connectivity index (χ3n) is 4.77. The third-order valence-corrected chi connectivity index (χ3v) is 4.77. The van der Waals surface area contributed by atoms with Gasteiger partial charge in [-0.25, -0.2) is 0 Å². The zero-order valence-electron chi connectivity index (χ0n) is 16.8. The lowest BCUT2D eigenvalue weighted by atomic mass is 9.82. The molecule has 0 unspecified atom stereocenters. The van der Waals surface area contributed by atoms with Gasteiger partial charge in [-0.05, 0) is 38.5 Å². The Bertz CT molecular complexity index is 392. The van der Waals surface area contributed by atoms with Crippen LogP contribution in [0.3, 0.4) is 0 Å². The number of ether oxygens (including phenoxy) is 3. The molecule has 0 aromatic carbocycles. The molecular weight excluding hydrogens is 334 g/mol. The summed E-state index contributed by atoms with van der Waals surface area (Å²) in [6.45, 7) is 9.18. The SMILES string of the molecule is CCOCCOCCOCCC(=O)N[C@H]1CC[C@H](CC(=O)C(C)C)CC1. The van der Waals surface area contributed by atoms with Crippen LogP contribution in [0.5, 0.6) is 0 Å². The number of rotatable bonds is 14. The van der Waals surface area contributed by atoms with Crippen molar-refractivity contribution in [2.24, 2.45) is 11.8 Å². The molecule has 1 rings (SSSR count). The predicted octanol–water partition coefficient (Wildman–Crippen LogP) is 2.74. The van der Waals surface area contributed by atoms with E-state index in [0.29, 0.717) is 64.2 Å². The smallest absolute Gasteiger partial charge is 0.222 e. The molecule has 1 fully saturated rings. The van der Waals surface area contributed by atoms with E-state index in [2.05, 4.69) is 5.32 Å². The molecule has 1 aliphatic rings. The summed E-state index contributed by atoms with van der Waals surface area (Å²) in [4.78, 5) is 23.8. The molecule has 6 nitrogen and oxygen atoms in total. The molecule has 0 aromatic heterocycles. The number of hydrogen-bond acceptors (Lipinski definition) is 5. The highest BCUT2D eigenvalue weighted by molar-refractivity contribution is 5.80. The maximum absolute atomic E-state index is 12.0. The Balaban J connectivity index is 1.99. The molecule has 0 atom stereocenters. The van der Waals surface area contributed by atoms with Gasteiger partial charge in [0.05, 0.1) is 33.0 Å². The average molecular weight is 372 g/mol. The van der Waals surface area contributed by atoms with E-state index >= 15 is 0 Å². The first-order valence-corrected chi connectivity index (χ1v) is 10.1. The fourth-order valence-corrected chi connectivity index (χ4v) is 3.08. The molecule has 0 aliphatic heterocycles. The highest BCUT2D eigenvalue weighted by Gasteiger charge is 2.24. The van der Waals surface area contributed by atoms with Gasteiger partial charge in [-0.15, -0.1) is 0 Å². The fraction of sp³-hybridized carbons (Fsp3) is 0.900. The Morgan fingerprint density at radius 2 is 1.50 bits per heavy atom.